The summed E-state index contributed by atoms with van der Waals surface area (Å²) in [5.41, 5.74) is 2.37. The number of nitrogens with one attached hydrogen (secondary N) is 1. The fourth-order valence-corrected chi connectivity index (χ4v) is 5.54. The predicted molar refractivity (Wildman–Crippen MR) is 135 cm³/mol. The molecule has 1 aliphatic rings. The molecule has 1 unspecified atom stereocenters. The number of hydrogen-bond acceptors (Lipinski definition) is 4. The summed E-state index contributed by atoms with van der Waals surface area (Å²) < 4.78 is 1.86. The topological polar surface area (TPSA) is 84.2 Å². The molecule has 1 fully saturated rings. The van der Waals surface area contributed by atoms with Crippen molar-refractivity contribution in [3.05, 3.63) is 52.8 Å². The molecular formula is C25H28BrN3O3S. The van der Waals surface area contributed by atoms with Crippen molar-refractivity contribution in [2.24, 2.45) is 5.92 Å². The lowest BCUT2D eigenvalue weighted by Gasteiger charge is -2.27. The van der Waals surface area contributed by atoms with Gasteiger partial charge in [0, 0.05) is 5.39 Å². The molecule has 0 spiro atoms. The SMILES string of the molecule is CC(C)C(NC(=O)C(C)(C)Sc1ncc(Br)n1-c1ccc(C2CC2)c2ccccc12)C(=O)O. The summed E-state index contributed by atoms with van der Waals surface area (Å²) in [6.07, 6.45) is 4.19. The third-order valence-electron chi connectivity index (χ3n) is 5.99. The standard InChI is InChI=1S/C25H28BrN3O3S/c1-14(2)21(22(30)31)28-23(32)25(3,4)33-24-27-13-20(26)29(24)19-12-11-16(15-9-10-15)17-7-5-6-8-18(17)19/h5-8,11-15,21H,9-10H2,1-4H3,(H,28,32)(H,30,31). The molecule has 1 heterocycles. The molecule has 4 rings (SSSR count). The van der Waals surface area contributed by atoms with Gasteiger partial charge in [-0.05, 0) is 71.5 Å². The summed E-state index contributed by atoms with van der Waals surface area (Å²) in [5.74, 6) is -0.964. The van der Waals surface area contributed by atoms with Crippen molar-refractivity contribution in [1.82, 2.24) is 14.9 Å². The van der Waals surface area contributed by atoms with Gasteiger partial charge in [-0.2, -0.15) is 0 Å². The number of aliphatic carboxylic acids is 1. The number of benzene rings is 2. The van der Waals surface area contributed by atoms with Crippen LogP contribution in [-0.2, 0) is 9.59 Å². The maximum absolute atomic E-state index is 13.0. The first-order chi connectivity index (χ1) is 15.6. The average Bonchev–Trinajstić information content (AvgIpc) is 3.54. The number of halogens is 1. The normalized spacial score (nSPS) is 15.1. The lowest BCUT2D eigenvalue weighted by molar-refractivity contribution is -0.143. The zero-order chi connectivity index (χ0) is 23.9. The molecule has 1 saturated carbocycles. The van der Waals surface area contributed by atoms with E-state index in [2.05, 4.69) is 56.6 Å². The minimum absolute atomic E-state index is 0.222. The Balaban J connectivity index is 1.69. The molecule has 0 aliphatic heterocycles. The number of carboxylic acids is 1. The molecular weight excluding hydrogens is 502 g/mol. The first-order valence-electron chi connectivity index (χ1n) is 11.1. The number of hydrogen-bond donors (Lipinski definition) is 2. The molecule has 2 N–H and O–H groups in total. The Bertz CT molecular complexity index is 1220. The van der Waals surface area contributed by atoms with Crippen molar-refractivity contribution >= 4 is 50.3 Å². The number of aromatic nitrogens is 2. The molecule has 1 atom stereocenters. The third-order valence-corrected chi connectivity index (χ3v) is 7.72. The summed E-state index contributed by atoms with van der Waals surface area (Å²) in [6.45, 7) is 7.12. The van der Waals surface area contributed by atoms with Crippen molar-refractivity contribution in [2.75, 3.05) is 0 Å². The molecule has 1 amide bonds. The van der Waals surface area contributed by atoms with E-state index < -0.39 is 16.8 Å². The van der Waals surface area contributed by atoms with E-state index in [9.17, 15) is 14.7 Å². The first-order valence-corrected chi connectivity index (χ1v) is 12.7. The monoisotopic (exact) mass is 529 g/mol. The van der Waals surface area contributed by atoms with Gasteiger partial charge in [0.25, 0.3) is 0 Å². The molecule has 0 radical (unpaired) electrons. The quantitative estimate of drug-likeness (QED) is 0.362. The Hall–Kier alpha value is -2.32. The van der Waals surface area contributed by atoms with Crippen LogP contribution < -0.4 is 5.32 Å². The van der Waals surface area contributed by atoms with Crippen LogP contribution in [0.4, 0.5) is 0 Å². The molecule has 2 aromatic carbocycles. The maximum atomic E-state index is 13.0. The second-order valence-corrected chi connectivity index (χ2v) is 11.7. The van der Waals surface area contributed by atoms with Gasteiger partial charge >= 0.3 is 5.97 Å². The summed E-state index contributed by atoms with van der Waals surface area (Å²) in [5, 5.41) is 15.2. The zero-order valence-corrected chi connectivity index (χ0v) is 21.5. The van der Waals surface area contributed by atoms with Gasteiger partial charge in [-0.15, -0.1) is 0 Å². The highest BCUT2D eigenvalue weighted by Crippen LogP contribution is 2.45. The van der Waals surface area contributed by atoms with Crippen LogP contribution in [0.15, 0.2) is 52.4 Å². The smallest absolute Gasteiger partial charge is 0.326 e. The molecule has 174 valence electrons. The molecule has 8 heteroatoms. The minimum Gasteiger partial charge on any atom is -0.480 e. The Morgan fingerprint density at radius 2 is 1.85 bits per heavy atom. The van der Waals surface area contributed by atoms with Gasteiger partial charge in [0.15, 0.2) is 5.16 Å². The summed E-state index contributed by atoms with van der Waals surface area (Å²) >= 11 is 4.94. The Morgan fingerprint density at radius 3 is 2.45 bits per heavy atom. The second kappa shape index (κ2) is 9.14. The summed E-state index contributed by atoms with van der Waals surface area (Å²) in [4.78, 5) is 29.2. The first kappa shape index (κ1) is 23.8. The zero-order valence-electron chi connectivity index (χ0n) is 19.1. The number of fused-ring (bicyclic) bond motifs is 1. The van der Waals surface area contributed by atoms with Crippen molar-refractivity contribution in [3.8, 4) is 5.69 Å². The van der Waals surface area contributed by atoms with E-state index >= 15 is 0 Å². The van der Waals surface area contributed by atoms with Crippen LogP contribution in [0.1, 0.15) is 52.0 Å². The molecule has 1 aliphatic carbocycles. The number of thioether (sulfide) groups is 1. The molecule has 6 nitrogen and oxygen atoms in total. The highest BCUT2D eigenvalue weighted by Gasteiger charge is 2.35. The van der Waals surface area contributed by atoms with Crippen LogP contribution in [-0.4, -0.2) is 37.3 Å². The van der Waals surface area contributed by atoms with Crippen LogP contribution in [0.5, 0.6) is 0 Å². The number of nitrogens with zero attached hydrogens (tertiary/aromatic N) is 2. The number of amides is 1. The number of carboxylic acid groups (broad SMARTS) is 1. The van der Waals surface area contributed by atoms with E-state index in [4.69, 9.17) is 0 Å². The van der Waals surface area contributed by atoms with E-state index in [1.165, 1.54) is 35.6 Å². The van der Waals surface area contributed by atoms with E-state index in [1.807, 2.05) is 10.6 Å². The van der Waals surface area contributed by atoms with Crippen molar-refractivity contribution in [2.45, 2.75) is 62.4 Å². The number of carbonyl (C=O) groups is 2. The third kappa shape index (κ3) is 4.82. The fraction of sp³-hybridized carbons (Fsp3) is 0.400. The largest absolute Gasteiger partial charge is 0.480 e. The molecule has 1 aromatic heterocycles. The molecule has 0 bridgehead atoms. The van der Waals surface area contributed by atoms with Crippen LogP contribution in [0.25, 0.3) is 16.5 Å². The van der Waals surface area contributed by atoms with Gasteiger partial charge in [0.2, 0.25) is 5.91 Å². The van der Waals surface area contributed by atoms with Gasteiger partial charge < -0.3 is 10.4 Å². The lowest BCUT2D eigenvalue weighted by Crippen LogP contribution is -2.50. The van der Waals surface area contributed by atoms with Gasteiger partial charge in [0.1, 0.15) is 10.6 Å². The average molecular weight is 530 g/mol. The molecule has 0 saturated heterocycles. The van der Waals surface area contributed by atoms with Gasteiger partial charge in [0.05, 0.1) is 16.6 Å². The maximum Gasteiger partial charge on any atom is 0.326 e. The van der Waals surface area contributed by atoms with Crippen LogP contribution in [0.2, 0.25) is 0 Å². The van der Waals surface area contributed by atoms with Crippen LogP contribution >= 0.6 is 27.7 Å². The summed E-state index contributed by atoms with van der Waals surface area (Å²) in [7, 11) is 0. The van der Waals surface area contributed by atoms with Gasteiger partial charge in [-0.25, -0.2) is 9.78 Å². The van der Waals surface area contributed by atoms with Crippen molar-refractivity contribution < 1.29 is 14.7 Å². The highest BCUT2D eigenvalue weighted by molar-refractivity contribution is 9.10. The molecule has 3 aromatic rings. The Morgan fingerprint density at radius 1 is 1.18 bits per heavy atom. The van der Waals surface area contributed by atoms with E-state index in [-0.39, 0.29) is 11.8 Å². The Kier molecular flexibility index (Phi) is 6.60. The van der Waals surface area contributed by atoms with E-state index in [1.54, 1.807) is 33.9 Å². The van der Waals surface area contributed by atoms with Crippen LogP contribution in [0.3, 0.4) is 0 Å². The minimum atomic E-state index is -1.04. The fourth-order valence-electron chi connectivity index (χ4n) is 3.96. The molecule has 33 heavy (non-hydrogen) atoms. The lowest BCUT2D eigenvalue weighted by atomic mass is 9.99. The number of carbonyl (C=O) groups excluding carboxylic acids is 1. The summed E-state index contributed by atoms with van der Waals surface area (Å²) in [6, 6.07) is 11.8. The van der Waals surface area contributed by atoms with Gasteiger partial charge in [-0.3, -0.25) is 9.36 Å². The number of imidazole rings is 1. The van der Waals surface area contributed by atoms with Gasteiger partial charge in [-0.1, -0.05) is 55.9 Å². The van der Waals surface area contributed by atoms with E-state index in [0.29, 0.717) is 11.1 Å². The van der Waals surface area contributed by atoms with Crippen molar-refractivity contribution in [3.63, 3.8) is 0 Å². The Labute approximate surface area is 206 Å². The highest BCUT2D eigenvalue weighted by atomic mass is 79.9. The second-order valence-electron chi connectivity index (χ2n) is 9.34. The van der Waals surface area contributed by atoms with Crippen molar-refractivity contribution in [1.29, 1.82) is 0 Å². The number of rotatable bonds is 8. The van der Waals surface area contributed by atoms with E-state index in [0.717, 1.165) is 15.7 Å². The van der Waals surface area contributed by atoms with Crippen LogP contribution in [0, 0.1) is 5.92 Å². The predicted octanol–water partition coefficient (Wildman–Crippen LogP) is 5.76.